The van der Waals surface area contributed by atoms with Crippen molar-refractivity contribution in [2.45, 2.75) is 50.1 Å². The molecule has 4 aromatic heterocycles. The Labute approximate surface area is 259 Å². The molecular weight excluding hydrogens is 607 g/mol. The summed E-state index contributed by atoms with van der Waals surface area (Å²) in [6.45, 7) is 3.83. The van der Waals surface area contributed by atoms with E-state index >= 15 is 0 Å². The molecule has 12 nitrogen and oxygen atoms in total. The van der Waals surface area contributed by atoms with Gasteiger partial charge in [0.25, 0.3) is 0 Å². The van der Waals surface area contributed by atoms with Crippen LogP contribution in [0, 0.1) is 5.82 Å². The van der Waals surface area contributed by atoms with Gasteiger partial charge in [0.1, 0.15) is 29.3 Å². The Kier molecular flexibility index (Phi) is 7.74. The number of imidazole rings is 1. The van der Waals surface area contributed by atoms with Gasteiger partial charge < -0.3 is 14.0 Å². The molecule has 1 atom stereocenters. The summed E-state index contributed by atoms with van der Waals surface area (Å²) in [6.07, 6.45) is 6.35. The van der Waals surface area contributed by atoms with Crippen molar-refractivity contribution < 1.29 is 18.4 Å². The largest absolute Gasteiger partial charge is 0.474 e. The average molecular weight is 637 g/mol. The van der Waals surface area contributed by atoms with E-state index in [0.29, 0.717) is 34.5 Å². The van der Waals surface area contributed by atoms with Gasteiger partial charge in [-0.05, 0) is 43.0 Å². The zero-order valence-electron chi connectivity index (χ0n) is 24.0. The van der Waals surface area contributed by atoms with Crippen LogP contribution in [0.5, 0.6) is 5.88 Å². The van der Waals surface area contributed by atoms with Crippen molar-refractivity contribution in [3.05, 3.63) is 81.3 Å². The summed E-state index contributed by atoms with van der Waals surface area (Å²) in [5, 5.41) is 4.00. The van der Waals surface area contributed by atoms with Crippen molar-refractivity contribution in [2.24, 2.45) is 0 Å². The monoisotopic (exact) mass is 636 g/mol. The van der Waals surface area contributed by atoms with Gasteiger partial charge in [0.15, 0.2) is 0 Å². The van der Waals surface area contributed by atoms with E-state index < -0.39 is 5.76 Å². The molecule has 2 aliphatic heterocycles. The van der Waals surface area contributed by atoms with Gasteiger partial charge in [-0.25, -0.2) is 19.2 Å². The van der Waals surface area contributed by atoms with Crippen molar-refractivity contribution in [1.82, 2.24) is 39.5 Å². The van der Waals surface area contributed by atoms with E-state index in [0.717, 1.165) is 72.6 Å². The highest BCUT2D eigenvalue weighted by Gasteiger charge is 2.35. The lowest BCUT2D eigenvalue weighted by Crippen LogP contribution is -2.48. The Balaban J connectivity index is 1.03. The summed E-state index contributed by atoms with van der Waals surface area (Å²) in [4.78, 5) is 34.7. The quantitative estimate of drug-likeness (QED) is 0.240. The number of H-pyrrole nitrogens is 1. The number of fused-ring (bicyclic) bond motifs is 1. The number of benzene rings is 1. The van der Waals surface area contributed by atoms with Crippen LogP contribution in [-0.4, -0.2) is 80.8 Å². The van der Waals surface area contributed by atoms with Gasteiger partial charge in [-0.1, -0.05) is 22.8 Å². The molecule has 0 aliphatic carbocycles. The smallest absolute Gasteiger partial charge is 0.439 e. The third-order valence-electron chi connectivity index (χ3n) is 8.20. The summed E-state index contributed by atoms with van der Waals surface area (Å²) in [5.74, 6) is 1.16. The van der Waals surface area contributed by atoms with Gasteiger partial charge >= 0.3 is 5.76 Å². The maximum Gasteiger partial charge on any atom is 0.439 e. The molecule has 0 bridgehead atoms. The molecule has 0 unspecified atom stereocenters. The molecule has 228 valence electrons. The highest BCUT2D eigenvalue weighted by molar-refractivity contribution is 6.30. The highest BCUT2D eigenvalue weighted by atomic mass is 35.5. The first kappa shape index (κ1) is 28.8. The van der Waals surface area contributed by atoms with E-state index in [1.807, 2.05) is 6.07 Å². The number of halogens is 2. The standard InChI is InChI=1S/C29H30ClFN8O4Si/c30-18-2-1-17(20(31)12-18)11-24-32-7-3-26(35-24)42-19-4-8-38(9-5-19)15-25-34-21-13-22(27-36-28(40)43-37-27)33-14-23(21)39(25)16-29(44)6-10-41-29/h1-3,7,12-14,19H,4-6,8-11,15-16H2,44H3,(H,36,37,40)/t29-/m1/s1. The van der Waals surface area contributed by atoms with E-state index in [4.69, 9.17) is 26.1 Å². The average Bonchev–Trinajstić information content (AvgIpc) is 3.57. The Morgan fingerprint density at radius 1 is 1.18 bits per heavy atom. The zero-order chi connectivity index (χ0) is 30.3. The number of nitrogens with one attached hydrogen (secondary N) is 1. The van der Waals surface area contributed by atoms with Crippen LogP contribution >= 0.6 is 11.6 Å². The van der Waals surface area contributed by atoms with Crippen LogP contribution in [0.15, 0.2) is 52.0 Å². The summed E-state index contributed by atoms with van der Waals surface area (Å²) < 4.78 is 33.3. The zero-order valence-corrected chi connectivity index (χ0v) is 26.8. The molecule has 2 saturated heterocycles. The lowest BCUT2D eigenvalue weighted by molar-refractivity contribution is -0.0947. The Morgan fingerprint density at radius 2 is 2.02 bits per heavy atom. The van der Waals surface area contributed by atoms with Crippen LogP contribution in [-0.2, 0) is 24.2 Å². The van der Waals surface area contributed by atoms with Crippen molar-refractivity contribution in [1.29, 1.82) is 0 Å². The number of ether oxygens (including phenoxy) is 2. The number of aromatic amines is 1. The highest BCUT2D eigenvalue weighted by Crippen LogP contribution is 2.29. The first-order valence-electron chi connectivity index (χ1n) is 14.5. The van der Waals surface area contributed by atoms with Crippen molar-refractivity contribution >= 4 is 32.9 Å². The predicted octanol–water partition coefficient (Wildman–Crippen LogP) is 2.47. The molecular formula is C29H30ClFN8O4Si. The maximum atomic E-state index is 14.3. The summed E-state index contributed by atoms with van der Waals surface area (Å²) in [5.41, 5.74) is 2.65. The third-order valence-corrected chi connectivity index (χ3v) is 9.54. The molecule has 5 aromatic rings. The number of piperidine rings is 1. The van der Waals surface area contributed by atoms with E-state index in [1.165, 1.54) is 6.07 Å². The van der Waals surface area contributed by atoms with Crippen LogP contribution in [0.2, 0.25) is 5.02 Å². The molecule has 2 aliphatic rings. The van der Waals surface area contributed by atoms with Gasteiger partial charge in [0, 0.05) is 60.2 Å². The molecule has 2 fully saturated rings. The van der Waals surface area contributed by atoms with Crippen molar-refractivity contribution in [3.8, 4) is 17.4 Å². The number of rotatable bonds is 9. The maximum absolute atomic E-state index is 14.3. The van der Waals surface area contributed by atoms with Gasteiger partial charge in [-0.15, -0.1) is 0 Å². The third kappa shape index (κ3) is 6.15. The normalized spacial score (nSPS) is 19.4. The number of aromatic nitrogens is 7. The second kappa shape index (κ2) is 11.8. The molecule has 6 heterocycles. The van der Waals surface area contributed by atoms with Gasteiger partial charge in [0.2, 0.25) is 11.7 Å². The Morgan fingerprint density at radius 3 is 2.75 bits per heavy atom. The molecule has 1 aromatic carbocycles. The predicted molar refractivity (Wildman–Crippen MR) is 162 cm³/mol. The summed E-state index contributed by atoms with van der Waals surface area (Å²) in [6, 6.07) is 8.15. The molecule has 0 saturated carbocycles. The summed E-state index contributed by atoms with van der Waals surface area (Å²) in [7, 11) is 0.907. The molecule has 15 heteroatoms. The number of nitrogens with zero attached hydrogens (tertiary/aromatic N) is 7. The number of likely N-dealkylation sites (tertiary alicyclic amines) is 1. The van der Waals surface area contributed by atoms with E-state index in [1.54, 1.807) is 30.6 Å². The Hall–Kier alpha value is -3.98. The first-order valence-corrected chi connectivity index (χ1v) is 15.9. The minimum absolute atomic E-state index is 0.00440. The van der Waals surface area contributed by atoms with Crippen LogP contribution in [0.4, 0.5) is 4.39 Å². The molecule has 7 rings (SSSR count). The van der Waals surface area contributed by atoms with E-state index in [2.05, 4.69) is 39.1 Å². The lowest BCUT2D eigenvalue weighted by atomic mass is 10.1. The van der Waals surface area contributed by atoms with Crippen LogP contribution in [0.3, 0.4) is 0 Å². The van der Waals surface area contributed by atoms with Crippen LogP contribution < -0.4 is 10.5 Å². The molecule has 0 spiro atoms. The van der Waals surface area contributed by atoms with Crippen molar-refractivity contribution in [3.63, 3.8) is 0 Å². The second-order valence-electron chi connectivity index (χ2n) is 11.5. The Bertz CT molecular complexity index is 1870. The van der Waals surface area contributed by atoms with Gasteiger partial charge in [0.05, 0.1) is 29.0 Å². The number of pyridine rings is 1. The topological polar surface area (TPSA) is 137 Å². The van der Waals surface area contributed by atoms with Gasteiger partial charge in [-0.3, -0.25) is 19.4 Å². The number of hydrogen-bond acceptors (Lipinski definition) is 10. The van der Waals surface area contributed by atoms with Crippen LogP contribution in [0.25, 0.3) is 22.6 Å². The summed E-state index contributed by atoms with van der Waals surface area (Å²) >= 11 is 5.88. The first-order chi connectivity index (χ1) is 21.3. The SMILES string of the molecule is O=c1[nH]c(-c2cc3nc(CN4CCC(Oc5ccnc(Cc6ccc(Cl)cc6F)n5)CC4)n(C[C@]4([SiH3])CCO4)c3cn2)no1. The van der Waals surface area contributed by atoms with Gasteiger partial charge in [-0.2, -0.15) is 4.98 Å². The van der Waals surface area contributed by atoms with Crippen LogP contribution in [0.1, 0.15) is 36.5 Å². The molecule has 1 N–H and O–H groups in total. The van der Waals surface area contributed by atoms with E-state index in [9.17, 15) is 9.18 Å². The fraction of sp³-hybridized carbons (Fsp3) is 0.379. The van der Waals surface area contributed by atoms with E-state index in [-0.39, 0.29) is 29.4 Å². The van der Waals surface area contributed by atoms with Crippen molar-refractivity contribution in [2.75, 3.05) is 19.7 Å². The lowest BCUT2D eigenvalue weighted by Gasteiger charge is -2.40. The fourth-order valence-electron chi connectivity index (χ4n) is 5.67. The molecule has 0 amide bonds. The number of hydrogen-bond donors (Lipinski definition) is 1. The second-order valence-corrected chi connectivity index (χ2v) is 13.7. The minimum atomic E-state index is -0.631. The molecule has 0 radical (unpaired) electrons. The molecule has 44 heavy (non-hydrogen) atoms. The minimum Gasteiger partial charge on any atom is -0.474 e. The fourth-order valence-corrected chi connectivity index (χ4v) is 6.56.